The average molecular weight is 252 g/mol. The van der Waals surface area contributed by atoms with Crippen LogP contribution >= 0.6 is 0 Å². The number of likely N-dealkylation sites (tertiary alicyclic amines) is 2. The number of hydrogen-bond donors (Lipinski definition) is 0. The van der Waals surface area contributed by atoms with Crippen LogP contribution in [0.2, 0.25) is 0 Å². The summed E-state index contributed by atoms with van der Waals surface area (Å²) >= 11 is 0. The molecule has 1 amide bonds. The summed E-state index contributed by atoms with van der Waals surface area (Å²) in [5, 5.41) is 0. The number of nitrogens with zero attached hydrogens (tertiary/aromatic N) is 2. The smallest absolute Gasteiger partial charge is 0.222 e. The highest BCUT2D eigenvalue weighted by molar-refractivity contribution is 5.76. The molecule has 0 aromatic rings. The molecule has 0 aliphatic carbocycles. The van der Waals surface area contributed by atoms with E-state index in [1.165, 1.54) is 38.8 Å². The average Bonchev–Trinajstić information content (AvgIpc) is 2.40. The molecule has 2 aliphatic heterocycles. The van der Waals surface area contributed by atoms with Gasteiger partial charge in [0.15, 0.2) is 0 Å². The van der Waals surface area contributed by atoms with Crippen LogP contribution in [-0.4, -0.2) is 48.9 Å². The fourth-order valence-corrected chi connectivity index (χ4v) is 3.49. The maximum absolute atomic E-state index is 12.0. The summed E-state index contributed by atoms with van der Waals surface area (Å²) in [5.74, 6) is 2.02. The number of carbonyl (C=O) groups is 1. The molecule has 0 aromatic heterocycles. The van der Waals surface area contributed by atoms with Gasteiger partial charge in [0.1, 0.15) is 0 Å². The quantitative estimate of drug-likeness (QED) is 0.770. The second-order valence-electron chi connectivity index (χ2n) is 6.13. The van der Waals surface area contributed by atoms with E-state index in [0.717, 1.165) is 37.8 Å². The molecule has 3 nitrogen and oxygen atoms in total. The molecular weight excluding hydrogens is 224 g/mol. The third kappa shape index (κ3) is 3.47. The lowest BCUT2D eigenvalue weighted by atomic mass is 9.79. The van der Waals surface area contributed by atoms with E-state index in [2.05, 4.69) is 23.8 Å². The molecule has 0 saturated carbocycles. The van der Waals surface area contributed by atoms with E-state index in [9.17, 15) is 4.79 Å². The van der Waals surface area contributed by atoms with E-state index in [1.54, 1.807) is 0 Å². The van der Waals surface area contributed by atoms with Crippen molar-refractivity contribution in [3.8, 4) is 0 Å². The molecule has 2 rings (SSSR count). The molecule has 2 heterocycles. The molecule has 1 atom stereocenters. The Kier molecular flexibility index (Phi) is 5.04. The normalized spacial score (nSPS) is 27.4. The molecule has 1 unspecified atom stereocenters. The fraction of sp³-hybridized carbons (Fsp3) is 0.933. The molecule has 0 bridgehead atoms. The van der Waals surface area contributed by atoms with Gasteiger partial charge in [0.05, 0.1) is 0 Å². The van der Waals surface area contributed by atoms with Crippen LogP contribution in [0.15, 0.2) is 0 Å². The predicted octanol–water partition coefficient (Wildman–Crippen LogP) is 2.37. The molecular formula is C15H28N2O. The Labute approximate surface area is 112 Å². The lowest BCUT2D eigenvalue weighted by molar-refractivity contribution is -0.133. The fourth-order valence-electron chi connectivity index (χ4n) is 3.49. The zero-order valence-corrected chi connectivity index (χ0v) is 12.0. The SMILES string of the molecule is CCCC(=O)N1CCCC(C2CCN(C)CC2)C1. The Hall–Kier alpha value is -0.570. The minimum Gasteiger partial charge on any atom is -0.342 e. The molecule has 2 aliphatic rings. The van der Waals surface area contributed by atoms with Crippen LogP contribution in [0.4, 0.5) is 0 Å². The third-order valence-corrected chi connectivity index (χ3v) is 4.70. The number of carbonyl (C=O) groups excluding carboxylic acids is 1. The summed E-state index contributed by atoms with van der Waals surface area (Å²) in [6.07, 6.45) is 6.93. The maximum atomic E-state index is 12.0. The van der Waals surface area contributed by atoms with E-state index in [4.69, 9.17) is 0 Å². The first-order chi connectivity index (χ1) is 8.70. The van der Waals surface area contributed by atoms with Crippen molar-refractivity contribution >= 4 is 5.91 Å². The topological polar surface area (TPSA) is 23.6 Å². The second-order valence-corrected chi connectivity index (χ2v) is 6.13. The molecule has 0 aromatic carbocycles. The summed E-state index contributed by atoms with van der Waals surface area (Å²) in [6, 6.07) is 0. The van der Waals surface area contributed by atoms with Gasteiger partial charge in [-0.05, 0) is 64.1 Å². The summed E-state index contributed by atoms with van der Waals surface area (Å²) in [7, 11) is 2.22. The number of rotatable bonds is 3. The Bertz CT molecular complexity index is 272. The van der Waals surface area contributed by atoms with Crippen molar-refractivity contribution in [3.63, 3.8) is 0 Å². The van der Waals surface area contributed by atoms with Crippen molar-refractivity contribution in [1.82, 2.24) is 9.80 Å². The van der Waals surface area contributed by atoms with Gasteiger partial charge in [0, 0.05) is 19.5 Å². The summed E-state index contributed by atoms with van der Waals surface area (Å²) in [5.41, 5.74) is 0. The van der Waals surface area contributed by atoms with Gasteiger partial charge in [0.2, 0.25) is 5.91 Å². The highest BCUT2D eigenvalue weighted by Gasteiger charge is 2.30. The van der Waals surface area contributed by atoms with E-state index in [-0.39, 0.29) is 0 Å². The van der Waals surface area contributed by atoms with E-state index >= 15 is 0 Å². The Morgan fingerprint density at radius 2 is 1.83 bits per heavy atom. The molecule has 0 N–H and O–H groups in total. The van der Waals surface area contributed by atoms with E-state index < -0.39 is 0 Å². The van der Waals surface area contributed by atoms with Gasteiger partial charge in [-0.3, -0.25) is 4.79 Å². The molecule has 0 radical (unpaired) electrons. The maximum Gasteiger partial charge on any atom is 0.222 e. The molecule has 18 heavy (non-hydrogen) atoms. The van der Waals surface area contributed by atoms with Crippen LogP contribution in [0.5, 0.6) is 0 Å². The van der Waals surface area contributed by atoms with Gasteiger partial charge in [-0.15, -0.1) is 0 Å². The lowest BCUT2D eigenvalue weighted by Crippen LogP contribution is -2.44. The summed E-state index contributed by atoms with van der Waals surface area (Å²) in [6.45, 7) is 6.61. The van der Waals surface area contributed by atoms with Crippen LogP contribution in [0.1, 0.15) is 45.4 Å². The lowest BCUT2D eigenvalue weighted by Gasteiger charge is -2.40. The van der Waals surface area contributed by atoms with Crippen molar-refractivity contribution in [2.45, 2.75) is 45.4 Å². The summed E-state index contributed by atoms with van der Waals surface area (Å²) in [4.78, 5) is 16.6. The van der Waals surface area contributed by atoms with Crippen molar-refractivity contribution < 1.29 is 4.79 Å². The van der Waals surface area contributed by atoms with Crippen LogP contribution in [0.3, 0.4) is 0 Å². The van der Waals surface area contributed by atoms with Gasteiger partial charge < -0.3 is 9.80 Å². The van der Waals surface area contributed by atoms with Gasteiger partial charge in [0.25, 0.3) is 0 Å². The van der Waals surface area contributed by atoms with Crippen molar-refractivity contribution in [2.24, 2.45) is 11.8 Å². The van der Waals surface area contributed by atoms with E-state index in [1.807, 2.05) is 0 Å². The first-order valence-electron chi connectivity index (χ1n) is 7.67. The first kappa shape index (κ1) is 13.9. The Morgan fingerprint density at radius 3 is 2.50 bits per heavy atom. The minimum absolute atomic E-state index is 0.384. The minimum atomic E-state index is 0.384. The molecule has 3 heteroatoms. The number of piperidine rings is 2. The zero-order valence-electron chi connectivity index (χ0n) is 12.0. The molecule has 2 saturated heterocycles. The van der Waals surface area contributed by atoms with Crippen LogP contribution in [-0.2, 0) is 4.79 Å². The third-order valence-electron chi connectivity index (χ3n) is 4.70. The van der Waals surface area contributed by atoms with Crippen molar-refractivity contribution in [1.29, 1.82) is 0 Å². The van der Waals surface area contributed by atoms with Gasteiger partial charge >= 0.3 is 0 Å². The summed E-state index contributed by atoms with van der Waals surface area (Å²) < 4.78 is 0. The monoisotopic (exact) mass is 252 g/mol. The van der Waals surface area contributed by atoms with E-state index in [0.29, 0.717) is 5.91 Å². The van der Waals surface area contributed by atoms with Crippen LogP contribution in [0.25, 0.3) is 0 Å². The Balaban J connectivity index is 1.84. The largest absolute Gasteiger partial charge is 0.342 e. The zero-order chi connectivity index (χ0) is 13.0. The highest BCUT2D eigenvalue weighted by Crippen LogP contribution is 2.31. The van der Waals surface area contributed by atoms with Crippen molar-refractivity contribution in [2.75, 3.05) is 33.2 Å². The molecule has 104 valence electrons. The standard InChI is InChI=1S/C15H28N2O/c1-3-5-15(18)17-9-4-6-14(12-17)13-7-10-16(2)11-8-13/h13-14H,3-12H2,1-2H3. The first-order valence-corrected chi connectivity index (χ1v) is 7.67. The second kappa shape index (κ2) is 6.55. The highest BCUT2D eigenvalue weighted by atomic mass is 16.2. The Morgan fingerprint density at radius 1 is 1.11 bits per heavy atom. The number of hydrogen-bond acceptors (Lipinski definition) is 2. The molecule has 2 fully saturated rings. The van der Waals surface area contributed by atoms with Crippen molar-refractivity contribution in [3.05, 3.63) is 0 Å². The van der Waals surface area contributed by atoms with Gasteiger partial charge in [-0.25, -0.2) is 0 Å². The molecule has 0 spiro atoms. The van der Waals surface area contributed by atoms with Gasteiger partial charge in [-0.2, -0.15) is 0 Å². The van der Waals surface area contributed by atoms with Crippen LogP contribution in [0, 0.1) is 11.8 Å². The van der Waals surface area contributed by atoms with Gasteiger partial charge in [-0.1, -0.05) is 6.92 Å². The predicted molar refractivity (Wildman–Crippen MR) is 74.4 cm³/mol. The number of amides is 1. The van der Waals surface area contributed by atoms with Crippen LogP contribution < -0.4 is 0 Å².